The molecule has 3 nitrogen and oxygen atoms in total. The molecule has 16 heavy (non-hydrogen) atoms. The Morgan fingerprint density at radius 2 is 2.25 bits per heavy atom. The summed E-state index contributed by atoms with van der Waals surface area (Å²) < 4.78 is 0. The van der Waals surface area contributed by atoms with Crippen LogP contribution in [0.3, 0.4) is 0 Å². The van der Waals surface area contributed by atoms with Gasteiger partial charge in [-0.1, -0.05) is 12.1 Å². The molecular formula is C11H10N2OS2. The fourth-order valence-electron chi connectivity index (χ4n) is 1.26. The molecule has 0 fully saturated rings. The highest BCUT2D eigenvalue weighted by Crippen LogP contribution is 2.12. The van der Waals surface area contributed by atoms with E-state index in [1.165, 1.54) is 11.3 Å². The Bertz CT molecular complexity index is 482. The molecule has 0 aliphatic carbocycles. The Morgan fingerprint density at radius 1 is 1.44 bits per heavy atom. The van der Waals surface area contributed by atoms with Crippen molar-refractivity contribution in [2.24, 2.45) is 0 Å². The van der Waals surface area contributed by atoms with Gasteiger partial charge in [-0.3, -0.25) is 4.79 Å². The van der Waals surface area contributed by atoms with Crippen LogP contribution in [-0.2, 0) is 6.54 Å². The van der Waals surface area contributed by atoms with Crippen molar-refractivity contribution in [1.29, 1.82) is 0 Å². The molecule has 0 unspecified atom stereocenters. The van der Waals surface area contributed by atoms with E-state index >= 15 is 0 Å². The number of benzene rings is 1. The van der Waals surface area contributed by atoms with Gasteiger partial charge in [0.1, 0.15) is 0 Å². The van der Waals surface area contributed by atoms with Crippen molar-refractivity contribution in [3.05, 3.63) is 46.4 Å². The van der Waals surface area contributed by atoms with Gasteiger partial charge >= 0.3 is 0 Å². The van der Waals surface area contributed by atoms with Gasteiger partial charge < -0.3 is 5.32 Å². The highest BCUT2D eigenvalue weighted by Gasteiger charge is 2.08. The summed E-state index contributed by atoms with van der Waals surface area (Å²) in [6.07, 6.45) is 0. The number of rotatable bonds is 3. The lowest BCUT2D eigenvalue weighted by molar-refractivity contribution is 0.0947. The summed E-state index contributed by atoms with van der Waals surface area (Å²) >= 11 is 5.74. The Kier molecular flexibility index (Phi) is 3.58. The summed E-state index contributed by atoms with van der Waals surface area (Å²) in [6, 6.07) is 7.20. The molecule has 0 spiro atoms. The first kappa shape index (κ1) is 11.2. The maximum Gasteiger partial charge on any atom is 0.252 e. The van der Waals surface area contributed by atoms with Crippen molar-refractivity contribution in [1.82, 2.24) is 10.3 Å². The van der Waals surface area contributed by atoms with Crippen LogP contribution in [0.25, 0.3) is 0 Å². The molecule has 2 rings (SSSR count). The van der Waals surface area contributed by atoms with E-state index < -0.39 is 0 Å². The van der Waals surface area contributed by atoms with Gasteiger partial charge in [0.2, 0.25) is 0 Å². The van der Waals surface area contributed by atoms with Crippen LogP contribution >= 0.6 is 24.0 Å². The predicted molar refractivity (Wildman–Crippen MR) is 67.0 cm³/mol. The highest BCUT2D eigenvalue weighted by molar-refractivity contribution is 7.80. The Labute approximate surface area is 103 Å². The SMILES string of the molecule is O=C(NCc1cscn1)c1ccccc1S. The van der Waals surface area contributed by atoms with E-state index in [1.807, 2.05) is 17.5 Å². The van der Waals surface area contributed by atoms with Gasteiger partial charge in [-0.25, -0.2) is 4.98 Å². The summed E-state index contributed by atoms with van der Waals surface area (Å²) in [5, 5.41) is 4.71. The largest absolute Gasteiger partial charge is 0.346 e. The molecular weight excluding hydrogens is 240 g/mol. The summed E-state index contributed by atoms with van der Waals surface area (Å²) in [6.45, 7) is 0.449. The molecule has 0 radical (unpaired) electrons. The summed E-state index contributed by atoms with van der Waals surface area (Å²) in [5.41, 5.74) is 3.20. The number of nitrogens with one attached hydrogen (secondary N) is 1. The van der Waals surface area contributed by atoms with Crippen molar-refractivity contribution < 1.29 is 4.79 Å². The van der Waals surface area contributed by atoms with Crippen LogP contribution in [0.5, 0.6) is 0 Å². The second kappa shape index (κ2) is 5.14. The molecule has 0 bridgehead atoms. The molecule has 0 saturated carbocycles. The maximum absolute atomic E-state index is 11.8. The predicted octanol–water partition coefficient (Wildman–Crippen LogP) is 2.36. The van der Waals surface area contributed by atoms with Crippen molar-refractivity contribution in [2.75, 3.05) is 0 Å². The van der Waals surface area contributed by atoms with Gasteiger partial charge in [0.25, 0.3) is 5.91 Å². The van der Waals surface area contributed by atoms with E-state index in [-0.39, 0.29) is 5.91 Å². The number of thiazole rings is 1. The van der Waals surface area contributed by atoms with E-state index in [4.69, 9.17) is 0 Å². The zero-order valence-electron chi connectivity index (χ0n) is 8.38. The molecule has 1 N–H and O–H groups in total. The first-order valence-electron chi connectivity index (χ1n) is 4.70. The zero-order chi connectivity index (χ0) is 11.4. The van der Waals surface area contributed by atoms with Crippen molar-refractivity contribution in [3.8, 4) is 0 Å². The first-order chi connectivity index (χ1) is 7.77. The first-order valence-corrected chi connectivity index (χ1v) is 6.09. The number of hydrogen-bond donors (Lipinski definition) is 2. The number of aromatic nitrogens is 1. The molecule has 1 amide bonds. The van der Waals surface area contributed by atoms with Crippen LogP contribution in [0.2, 0.25) is 0 Å². The average Bonchev–Trinajstić information content (AvgIpc) is 2.79. The standard InChI is InChI=1S/C11H10N2OS2/c14-11(9-3-1-2-4-10(9)15)12-5-8-6-16-7-13-8/h1-4,6-7,15H,5H2,(H,12,14). The molecule has 0 saturated heterocycles. The maximum atomic E-state index is 11.8. The molecule has 1 aromatic heterocycles. The second-order valence-electron chi connectivity index (χ2n) is 3.18. The minimum atomic E-state index is -0.126. The van der Waals surface area contributed by atoms with E-state index in [0.717, 1.165) is 5.69 Å². The molecule has 82 valence electrons. The number of hydrogen-bond acceptors (Lipinski definition) is 4. The Balaban J connectivity index is 2.01. The highest BCUT2D eigenvalue weighted by atomic mass is 32.1. The van der Waals surface area contributed by atoms with Crippen LogP contribution < -0.4 is 5.32 Å². The molecule has 0 aliphatic rings. The lowest BCUT2D eigenvalue weighted by Crippen LogP contribution is -2.23. The minimum absolute atomic E-state index is 0.126. The van der Waals surface area contributed by atoms with Gasteiger partial charge in [0.05, 0.1) is 23.3 Å². The fourth-order valence-corrected chi connectivity index (χ4v) is 2.08. The summed E-state index contributed by atoms with van der Waals surface area (Å²) in [7, 11) is 0. The van der Waals surface area contributed by atoms with Gasteiger partial charge in [-0.2, -0.15) is 0 Å². The summed E-state index contributed by atoms with van der Waals surface area (Å²) in [5.74, 6) is -0.126. The van der Waals surface area contributed by atoms with Gasteiger partial charge in [-0.05, 0) is 12.1 Å². The minimum Gasteiger partial charge on any atom is -0.346 e. The van der Waals surface area contributed by atoms with Crippen LogP contribution in [0.15, 0.2) is 40.1 Å². The monoisotopic (exact) mass is 250 g/mol. The van der Waals surface area contributed by atoms with Crippen molar-refractivity contribution in [2.45, 2.75) is 11.4 Å². The lowest BCUT2D eigenvalue weighted by Gasteiger charge is -2.05. The smallest absolute Gasteiger partial charge is 0.252 e. The van der Waals surface area contributed by atoms with Crippen LogP contribution in [0.1, 0.15) is 16.1 Å². The van der Waals surface area contributed by atoms with E-state index in [2.05, 4.69) is 22.9 Å². The number of amides is 1. The third-order valence-electron chi connectivity index (χ3n) is 2.06. The van der Waals surface area contributed by atoms with Crippen LogP contribution in [-0.4, -0.2) is 10.9 Å². The summed E-state index contributed by atoms with van der Waals surface area (Å²) in [4.78, 5) is 16.5. The van der Waals surface area contributed by atoms with Gasteiger partial charge in [0, 0.05) is 10.3 Å². The third kappa shape index (κ3) is 2.62. The van der Waals surface area contributed by atoms with Gasteiger partial charge in [0.15, 0.2) is 0 Å². The number of nitrogens with zero attached hydrogens (tertiary/aromatic N) is 1. The molecule has 5 heteroatoms. The normalized spacial score (nSPS) is 10.1. The number of carbonyl (C=O) groups is 1. The van der Waals surface area contributed by atoms with E-state index in [0.29, 0.717) is 17.0 Å². The molecule has 1 heterocycles. The van der Waals surface area contributed by atoms with Crippen molar-refractivity contribution >= 4 is 29.9 Å². The average molecular weight is 250 g/mol. The fraction of sp³-hybridized carbons (Fsp3) is 0.0909. The van der Waals surface area contributed by atoms with Gasteiger partial charge in [-0.15, -0.1) is 24.0 Å². The zero-order valence-corrected chi connectivity index (χ0v) is 10.1. The number of thiol groups is 1. The van der Waals surface area contributed by atoms with Crippen LogP contribution in [0, 0.1) is 0 Å². The molecule has 1 aromatic carbocycles. The lowest BCUT2D eigenvalue weighted by atomic mass is 10.2. The number of carbonyl (C=O) groups excluding carboxylic acids is 1. The molecule has 2 aromatic rings. The topological polar surface area (TPSA) is 42.0 Å². The third-order valence-corrected chi connectivity index (χ3v) is 3.09. The quantitative estimate of drug-likeness (QED) is 0.821. The van der Waals surface area contributed by atoms with Crippen LogP contribution in [0.4, 0.5) is 0 Å². The molecule has 0 aliphatic heterocycles. The van der Waals surface area contributed by atoms with E-state index in [9.17, 15) is 4.79 Å². The second-order valence-corrected chi connectivity index (χ2v) is 4.38. The molecule has 0 atom stereocenters. The Hall–Kier alpha value is -1.33. The van der Waals surface area contributed by atoms with Crippen molar-refractivity contribution in [3.63, 3.8) is 0 Å². The van der Waals surface area contributed by atoms with E-state index in [1.54, 1.807) is 17.6 Å². The Morgan fingerprint density at radius 3 is 2.94 bits per heavy atom.